The predicted octanol–water partition coefficient (Wildman–Crippen LogP) is 4.35. The normalized spacial score (nSPS) is 11.3. The molecule has 0 saturated carbocycles. The highest BCUT2D eigenvalue weighted by atomic mass is 35.5. The molecular weight excluding hydrogens is 448 g/mol. The molecule has 7 heteroatoms. The van der Waals surface area contributed by atoms with Crippen LogP contribution in [0.2, 0.25) is 0 Å². The summed E-state index contributed by atoms with van der Waals surface area (Å²) in [4.78, 5) is 26.3. The van der Waals surface area contributed by atoms with Gasteiger partial charge in [-0.15, -0.1) is 11.6 Å². The number of benzene rings is 3. The number of halogens is 1. The van der Waals surface area contributed by atoms with Gasteiger partial charge in [-0.3, -0.25) is 15.0 Å². The van der Waals surface area contributed by atoms with E-state index in [2.05, 4.69) is 16.0 Å². The van der Waals surface area contributed by atoms with Gasteiger partial charge in [0.1, 0.15) is 11.9 Å². The van der Waals surface area contributed by atoms with Crippen LogP contribution in [0, 0.1) is 5.41 Å². The van der Waals surface area contributed by atoms with E-state index in [1.54, 1.807) is 6.07 Å². The van der Waals surface area contributed by atoms with E-state index in [-0.39, 0.29) is 23.5 Å². The van der Waals surface area contributed by atoms with Crippen molar-refractivity contribution in [2.24, 2.45) is 0 Å². The van der Waals surface area contributed by atoms with Gasteiger partial charge in [-0.1, -0.05) is 78.9 Å². The standard InChI is InChI=1S/C27H29ClN4O2/c28-18-25(29)30-17-9-16-24(27(34)31-19-20-10-3-1-4-11-20)32-26(33)23-15-8-7-14-22(23)21-12-5-2-6-13-21/h1-8,10-15,24H,9,16-19H2,(H2,29,30)(H,31,34)(H,32,33)/t24-/m0/s1. The van der Waals surface area contributed by atoms with Gasteiger partial charge in [0, 0.05) is 18.7 Å². The minimum Gasteiger partial charge on any atom is -0.373 e. The Morgan fingerprint density at radius 3 is 2.21 bits per heavy atom. The zero-order chi connectivity index (χ0) is 24.2. The lowest BCUT2D eigenvalue weighted by atomic mass is 9.98. The first kappa shape index (κ1) is 25.0. The summed E-state index contributed by atoms with van der Waals surface area (Å²) in [6.45, 7) is 0.867. The molecule has 0 bridgehead atoms. The number of nitrogens with one attached hydrogen (secondary N) is 4. The first-order valence-corrected chi connectivity index (χ1v) is 11.8. The Labute approximate surface area is 205 Å². The van der Waals surface area contributed by atoms with E-state index in [4.69, 9.17) is 17.0 Å². The predicted molar refractivity (Wildman–Crippen MR) is 137 cm³/mol. The molecule has 1 atom stereocenters. The average molecular weight is 477 g/mol. The van der Waals surface area contributed by atoms with E-state index in [0.717, 1.165) is 16.7 Å². The first-order valence-electron chi connectivity index (χ1n) is 11.2. The summed E-state index contributed by atoms with van der Waals surface area (Å²) < 4.78 is 0. The van der Waals surface area contributed by atoms with Crippen molar-refractivity contribution in [3.8, 4) is 11.1 Å². The number of hydrogen-bond acceptors (Lipinski definition) is 3. The Morgan fingerprint density at radius 2 is 1.50 bits per heavy atom. The monoisotopic (exact) mass is 476 g/mol. The molecule has 0 aliphatic rings. The van der Waals surface area contributed by atoms with Gasteiger partial charge in [-0.25, -0.2) is 0 Å². The van der Waals surface area contributed by atoms with Crippen LogP contribution in [0.1, 0.15) is 28.8 Å². The van der Waals surface area contributed by atoms with Crippen LogP contribution in [-0.2, 0) is 11.3 Å². The zero-order valence-electron chi connectivity index (χ0n) is 18.9. The number of alkyl halides is 1. The maximum Gasteiger partial charge on any atom is 0.252 e. The number of amides is 2. The molecule has 6 nitrogen and oxygen atoms in total. The Balaban J connectivity index is 1.71. The summed E-state index contributed by atoms with van der Waals surface area (Å²) in [6.07, 6.45) is 1.01. The van der Waals surface area contributed by atoms with Gasteiger partial charge in [-0.2, -0.15) is 0 Å². The van der Waals surface area contributed by atoms with Crippen molar-refractivity contribution in [2.45, 2.75) is 25.4 Å². The minimum atomic E-state index is -0.716. The Kier molecular flexibility index (Phi) is 9.67. The highest BCUT2D eigenvalue weighted by molar-refractivity contribution is 6.27. The summed E-state index contributed by atoms with van der Waals surface area (Å²) in [6, 6.07) is 26.0. The lowest BCUT2D eigenvalue weighted by Gasteiger charge is -2.20. The quantitative estimate of drug-likeness (QED) is 0.143. The van der Waals surface area contributed by atoms with Crippen LogP contribution in [0.15, 0.2) is 84.9 Å². The van der Waals surface area contributed by atoms with Crippen LogP contribution in [0.3, 0.4) is 0 Å². The molecule has 3 rings (SSSR count). The molecule has 0 spiro atoms. The van der Waals surface area contributed by atoms with Gasteiger partial charge in [0.05, 0.1) is 5.88 Å². The van der Waals surface area contributed by atoms with Crippen molar-refractivity contribution in [1.82, 2.24) is 16.0 Å². The van der Waals surface area contributed by atoms with Crippen molar-refractivity contribution in [1.29, 1.82) is 5.41 Å². The van der Waals surface area contributed by atoms with Gasteiger partial charge in [0.2, 0.25) is 5.91 Å². The second-order valence-electron chi connectivity index (χ2n) is 7.82. The highest BCUT2D eigenvalue weighted by Gasteiger charge is 2.22. The molecule has 0 aromatic heterocycles. The lowest BCUT2D eigenvalue weighted by Crippen LogP contribution is -2.47. The molecule has 3 aromatic carbocycles. The third-order valence-electron chi connectivity index (χ3n) is 5.33. The molecule has 0 heterocycles. The minimum absolute atomic E-state index is 0.105. The Bertz CT molecular complexity index is 1090. The molecule has 0 radical (unpaired) electrons. The fourth-order valence-corrected chi connectivity index (χ4v) is 3.65. The van der Waals surface area contributed by atoms with Crippen LogP contribution in [-0.4, -0.2) is 36.1 Å². The maximum absolute atomic E-state index is 13.3. The summed E-state index contributed by atoms with van der Waals surface area (Å²) in [5.41, 5.74) is 3.23. The smallest absolute Gasteiger partial charge is 0.252 e. The van der Waals surface area contributed by atoms with Crippen LogP contribution < -0.4 is 16.0 Å². The summed E-state index contributed by atoms with van der Waals surface area (Å²) in [7, 11) is 0. The molecular formula is C27H29ClN4O2. The summed E-state index contributed by atoms with van der Waals surface area (Å²) in [5.74, 6) is -0.219. The van der Waals surface area contributed by atoms with Crippen molar-refractivity contribution in [3.63, 3.8) is 0 Å². The molecule has 0 fully saturated rings. The van der Waals surface area contributed by atoms with Gasteiger partial charge in [0.25, 0.3) is 5.91 Å². The second-order valence-corrected chi connectivity index (χ2v) is 8.09. The lowest BCUT2D eigenvalue weighted by molar-refractivity contribution is -0.123. The van der Waals surface area contributed by atoms with Crippen LogP contribution >= 0.6 is 11.6 Å². The van der Waals surface area contributed by atoms with E-state index in [1.165, 1.54) is 0 Å². The van der Waals surface area contributed by atoms with E-state index in [0.29, 0.717) is 31.5 Å². The third kappa shape index (κ3) is 7.46. The van der Waals surface area contributed by atoms with Gasteiger partial charge in [-0.05, 0) is 35.6 Å². The summed E-state index contributed by atoms with van der Waals surface area (Å²) in [5, 5.41) is 16.4. The molecule has 3 aromatic rings. The van der Waals surface area contributed by atoms with E-state index < -0.39 is 6.04 Å². The number of carbonyl (C=O) groups is 2. The van der Waals surface area contributed by atoms with E-state index >= 15 is 0 Å². The average Bonchev–Trinajstić information content (AvgIpc) is 2.89. The number of rotatable bonds is 11. The van der Waals surface area contributed by atoms with Crippen molar-refractivity contribution >= 4 is 29.3 Å². The van der Waals surface area contributed by atoms with Gasteiger partial charge in [0.15, 0.2) is 0 Å². The zero-order valence-corrected chi connectivity index (χ0v) is 19.6. The highest BCUT2D eigenvalue weighted by Crippen LogP contribution is 2.23. The van der Waals surface area contributed by atoms with Crippen molar-refractivity contribution in [2.75, 3.05) is 12.4 Å². The topological polar surface area (TPSA) is 94.1 Å². The molecule has 4 N–H and O–H groups in total. The second kappa shape index (κ2) is 13.2. The SMILES string of the molecule is N=C(CCl)NCCC[C@H](NC(=O)c1ccccc1-c1ccccc1)C(=O)NCc1ccccc1. The fourth-order valence-electron chi connectivity index (χ4n) is 3.56. The van der Waals surface area contributed by atoms with Crippen molar-refractivity contribution in [3.05, 3.63) is 96.1 Å². The molecule has 0 saturated heterocycles. The fraction of sp³-hybridized carbons (Fsp3) is 0.222. The maximum atomic E-state index is 13.3. The Morgan fingerprint density at radius 1 is 0.853 bits per heavy atom. The van der Waals surface area contributed by atoms with Gasteiger partial charge < -0.3 is 16.0 Å². The molecule has 0 aliphatic carbocycles. The van der Waals surface area contributed by atoms with Crippen molar-refractivity contribution < 1.29 is 9.59 Å². The molecule has 2 amide bonds. The molecule has 0 aliphatic heterocycles. The van der Waals surface area contributed by atoms with Crippen LogP contribution in [0.25, 0.3) is 11.1 Å². The molecule has 176 valence electrons. The molecule has 0 unspecified atom stereocenters. The van der Waals surface area contributed by atoms with Gasteiger partial charge >= 0.3 is 0 Å². The number of amidine groups is 1. The summed E-state index contributed by atoms with van der Waals surface area (Å²) >= 11 is 5.64. The number of carbonyl (C=O) groups excluding carboxylic acids is 2. The van der Waals surface area contributed by atoms with E-state index in [9.17, 15) is 9.59 Å². The Hall–Kier alpha value is -3.64. The van der Waals surface area contributed by atoms with E-state index in [1.807, 2.05) is 78.9 Å². The largest absolute Gasteiger partial charge is 0.373 e. The first-order chi connectivity index (χ1) is 16.6. The number of hydrogen-bond donors (Lipinski definition) is 4. The van der Waals surface area contributed by atoms with Crippen LogP contribution in [0.4, 0.5) is 0 Å². The van der Waals surface area contributed by atoms with Crippen LogP contribution in [0.5, 0.6) is 0 Å². The molecule has 34 heavy (non-hydrogen) atoms. The third-order valence-corrected chi connectivity index (χ3v) is 5.60.